The zero-order valence-corrected chi connectivity index (χ0v) is 7.53. The molecule has 0 unspecified atom stereocenters. The van der Waals surface area contributed by atoms with E-state index in [1.54, 1.807) is 6.20 Å². The second-order valence-electron chi connectivity index (χ2n) is 3.55. The summed E-state index contributed by atoms with van der Waals surface area (Å²) in [4.78, 5) is 0. The lowest BCUT2D eigenvalue weighted by molar-refractivity contribution is 0.284. The molecular weight excluding hydrogens is 164 g/mol. The summed E-state index contributed by atoms with van der Waals surface area (Å²) in [6.07, 6.45) is 6.04. The van der Waals surface area contributed by atoms with Gasteiger partial charge in [0.05, 0.1) is 11.9 Å². The Morgan fingerprint density at radius 2 is 2.46 bits per heavy atom. The zero-order valence-electron chi connectivity index (χ0n) is 7.53. The maximum atomic E-state index is 7.22. The van der Waals surface area contributed by atoms with Crippen LogP contribution in [0.1, 0.15) is 31.0 Å². The van der Waals surface area contributed by atoms with E-state index in [0.717, 1.165) is 5.69 Å². The molecule has 0 aliphatic heterocycles. The van der Waals surface area contributed by atoms with E-state index in [4.69, 9.17) is 11.1 Å². The lowest BCUT2D eigenvalue weighted by Gasteiger charge is -2.27. The average Bonchev–Trinajstić information content (AvgIpc) is 2.32. The molecule has 1 aromatic heterocycles. The van der Waals surface area contributed by atoms with Gasteiger partial charge in [-0.15, -0.1) is 0 Å². The molecule has 1 aliphatic rings. The zero-order chi connectivity index (χ0) is 9.26. The molecule has 0 bridgehead atoms. The van der Waals surface area contributed by atoms with Gasteiger partial charge in [-0.1, -0.05) is 0 Å². The minimum atomic E-state index is 0.209. The van der Waals surface area contributed by atoms with Crippen LogP contribution in [-0.2, 0) is 6.42 Å². The minimum Gasteiger partial charge on any atom is -0.387 e. The Morgan fingerprint density at radius 1 is 1.69 bits per heavy atom. The molecule has 1 fully saturated rings. The van der Waals surface area contributed by atoms with Crippen molar-refractivity contribution in [2.24, 2.45) is 5.73 Å². The summed E-state index contributed by atoms with van der Waals surface area (Å²) in [5, 5.41) is 11.5. The van der Waals surface area contributed by atoms with Gasteiger partial charge in [0.25, 0.3) is 0 Å². The van der Waals surface area contributed by atoms with Crippen molar-refractivity contribution in [1.29, 1.82) is 5.41 Å². The predicted molar refractivity (Wildman–Crippen MR) is 50.7 cm³/mol. The van der Waals surface area contributed by atoms with Gasteiger partial charge >= 0.3 is 0 Å². The van der Waals surface area contributed by atoms with Gasteiger partial charge in [-0.25, -0.2) is 0 Å². The van der Waals surface area contributed by atoms with Gasteiger partial charge < -0.3 is 5.73 Å². The molecule has 0 spiro atoms. The highest BCUT2D eigenvalue weighted by atomic mass is 15.3. The van der Waals surface area contributed by atoms with E-state index in [2.05, 4.69) is 5.10 Å². The van der Waals surface area contributed by atoms with Crippen molar-refractivity contribution in [3.05, 3.63) is 18.0 Å². The second kappa shape index (κ2) is 3.20. The number of rotatable bonds is 3. The summed E-state index contributed by atoms with van der Waals surface area (Å²) in [5.41, 5.74) is 6.42. The maximum absolute atomic E-state index is 7.22. The van der Waals surface area contributed by atoms with E-state index < -0.39 is 0 Å². The smallest absolute Gasteiger partial charge is 0.0965 e. The van der Waals surface area contributed by atoms with Crippen LogP contribution < -0.4 is 5.73 Å². The third-order valence-electron chi connectivity index (χ3n) is 2.54. The van der Waals surface area contributed by atoms with Crippen molar-refractivity contribution in [3.8, 4) is 0 Å². The first kappa shape index (κ1) is 8.29. The summed E-state index contributed by atoms with van der Waals surface area (Å²) in [6.45, 7) is 0. The highest BCUT2D eigenvalue weighted by Crippen LogP contribution is 2.31. The average molecular weight is 178 g/mol. The van der Waals surface area contributed by atoms with E-state index in [1.807, 2.05) is 10.7 Å². The summed E-state index contributed by atoms with van der Waals surface area (Å²) in [6, 6.07) is 2.50. The molecule has 2 rings (SSSR count). The molecule has 4 nitrogen and oxygen atoms in total. The number of nitrogens with two attached hydrogens (primary N) is 1. The summed E-state index contributed by atoms with van der Waals surface area (Å²) >= 11 is 0. The van der Waals surface area contributed by atoms with Crippen LogP contribution in [0.5, 0.6) is 0 Å². The topological polar surface area (TPSA) is 67.7 Å². The molecule has 0 atom stereocenters. The number of hydrogen-bond acceptors (Lipinski definition) is 2. The molecule has 1 saturated carbocycles. The molecule has 70 valence electrons. The molecule has 3 N–H and O–H groups in total. The van der Waals surface area contributed by atoms with Crippen LogP contribution in [0.4, 0.5) is 0 Å². The Bertz CT molecular complexity index is 311. The van der Waals surface area contributed by atoms with E-state index in [0.29, 0.717) is 12.5 Å². The van der Waals surface area contributed by atoms with E-state index in [9.17, 15) is 0 Å². The van der Waals surface area contributed by atoms with Crippen molar-refractivity contribution in [1.82, 2.24) is 9.78 Å². The predicted octanol–water partition coefficient (Wildman–Crippen LogP) is 1.09. The number of nitrogens with zero attached hydrogens (tertiary/aromatic N) is 2. The Morgan fingerprint density at radius 3 is 3.00 bits per heavy atom. The van der Waals surface area contributed by atoms with Gasteiger partial charge in [0.2, 0.25) is 0 Å². The Balaban J connectivity index is 2.14. The fourth-order valence-electron chi connectivity index (χ4n) is 1.64. The van der Waals surface area contributed by atoms with E-state index in [1.165, 1.54) is 19.3 Å². The van der Waals surface area contributed by atoms with Crippen molar-refractivity contribution in [2.75, 3.05) is 0 Å². The Kier molecular flexibility index (Phi) is 2.04. The van der Waals surface area contributed by atoms with Gasteiger partial charge in [0.1, 0.15) is 0 Å². The minimum absolute atomic E-state index is 0.209. The number of nitrogens with one attached hydrogen (secondary N) is 1. The quantitative estimate of drug-likeness (QED) is 0.537. The first-order valence-corrected chi connectivity index (χ1v) is 4.62. The lowest BCUT2D eigenvalue weighted by atomic mass is 9.93. The van der Waals surface area contributed by atoms with Crippen molar-refractivity contribution in [2.45, 2.75) is 31.7 Å². The number of hydrogen-bond donors (Lipinski definition) is 2. The highest BCUT2D eigenvalue weighted by Gasteiger charge is 2.21. The van der Waals surface area contributed by atoms with Crippen LogP contribution >= 0.6 is 0 Å². The van der Waals surface area contributed by atoms with Crippen LogP contribution in [0.25, 0.3) is 0 Å². The van der Waals surface area contributed by atoms with Gasteiger partial charge in [-0.3, -0.25) is 10.1 Å². The summed E-state index contributed by atoms with van der Waals surface area (Å²) < 4.78 is 2.02. The first-order chi connectivity index (χ1) is 6.27. The van der Waals surface area contributed by atoms with Crippen molar-refractivity contribution >= 4 is 5.84 Å². The van der Waals surface area contributed by atoms with E-state index in [-0.39, 0.29) is 5.84 Å². The van der Waals surface area contributed by atoms with Crippen LogP contribution in [0.3, 0.4) is 0 Å². The van der Waals surface area contributed by atoms with Gasteiger partial charge in [0, 0.05) is 18.3 Å². The fourth-order valence-corrected chi connectivity index (χ4v) is 1.64. The lowest BCUT2D eigenvalue weighted by Crippen LogP contribution is -2.23. The molecule has 1 heterocycles. The van der Waals surface area contributed by atoms with Crippen LogP contribution in [0.15, 0.2) is 12.3 Å². The van der Waals surface area contributed by atoms with Crippen molar-refractivity contribution in [3.63, 3.8) is 0 Å². The maximum Gasteiger partial charge on any atom is 0.0965 e. The summed E-state index contributed by atoms with van der Waals surface area (Å²) in [5.74, 6) is 0.209. The molecule has 0 amide bonds. The van der Waals surface area contributed by atoms with Crippen LogP contribution in [0.2, 0.25) is 0 Å². The normalized spacial score (nSPS) is 16.9. The Labute approximate surface area is 77.2 Å². The SMILES string of the molecule is N=C(N)Cc1ccnn1C1CCC1. The standard InChI is InChI=1S/C9H14N4/c10-9(11)6-8-4-5-12-13(8)7-2-1-3-7/h4-5,7H,1-3,6H2,(H3,10,11). The fraction of sp³-hybridized carbons (Fsp3) is 0.556. The van der Waals surface area contributed by atoms with Crippen LogP contribution in [0, 0.1) is 5.41 Å². The molecule has 0 radical (unpaired) electrons. The molecular formula is C9H14N4. The molecule has 13 heavy (non-hydrogen) atoms. The molecule has 4 heteroatoms. The third kappa shape index (κ3) is 1.56. The van der Waals surface area contributed by atoms with Gasteiger partial charge in [-0.05, 0) is 25.3 Å². The molecule has 1 aliphatic carbocycles. The number of aromatic nitrogens is 2. The monoisotopic (exact) mass is 178 g/mol. The van der Waals surface area contributed by atoms with Crippen LogP contribution in [-0.4, -0.2) is 15.6 Å². The van der Waals surface area contributed by atoms with E-state index >= 15 is 0 Å². The Hall–Kier alpha value is -1.32. The molecule has 0 aromatic carbocycles. The van der Waals surface area contributed by atoms with Crippen molar-refractivity contribution < 1.29 is 0 Å². The largest absolute Gasteiger partial charge is 0.387 e. The number of amidine groups is 1. The van der Waals surface area contributed by atoms with Gasteiger partial charge in [-0.2, -0.15) is 5.10 Å². The third-order valence-corrected chi connectivity index (χ3v) is 2.54. The molecule has 0 saturated heterocycles. The molecule has 1 aromatic rings. The highest BCUT2D eigenvalue weighted by molar-refractivity contribution is 5.79. The van der Waals surface area contributed by atoms with Gasteiger partial charge in [0.15, 0.2) is 0 Å². The second-order valence-corrected chi connectivity index (χ2v) is 3.55. The summed E-state index contributed by atoms with van der Waals surface area (Å²) in [7, 11) is 0. The first-order valence-electron chi connectivity index (χ1n) is 4.62.